The van der Waals surface area contributed by atoms with Crippen molar-refractivity contribution < 1.29 is 20.1 Å². The van der Waals surface area contributed by atoms with Gasteiger partial charge in [-0.25, -0.2) is 0 Å². The number of ether oxygens (including phenoxy) is 1. The zero-order valence-corrected chi connectivity index (χ0v) is 14.1. The van der Waals surface area contributed by atoms with Gasteiger partial charge in [-0.05, 0) is 25.0 Å². The molecule has 1 rings (SSSR count). The molecular weight excluding hydrogens is 294 g/mol. The van der Waals surface area contributed by atoms with Gasteiger partial charge in [-0.2, -0.15) is 0 Å². The van der Waals surface area contributed by atoms with Crippen LogP contribution in [0.3, 0.4) is 0 Å². The summed E-state index contributed by atoms with van der Waals surface area (Å²) in [7, 11) is 0. The molecule has 5 heteroatoms. The highest BCUT2D eigenvalue weighted by atomic mass is 16.5. The zero-order chi connectivity index (χ0) is 16.9. The first kappa shape index (κ1) is 19.7. The molecule has 1 aromatic carbocycles. The van der Waals surface area contributed by atoms with Crippen LogP contribution in [0.5, 0.6) is 11.5 Å². The maximum atomic E-state index is 9.88. The van der Waals surface area contributed by atoms with E-state index in [0.29, 0.717) is 12.3 Å². The van der Waals surface area contributed by atoms with Crippen LogP contribution in [-0.4, -0.2) is 47.2 Å². The largest absolute Gasteiger partial charge is 0.504 e. The number of aromatic hydroxyl groups is 1. The van der Waals surface area contributed by atoms with Gasteiger partial charge in [0, 0.05) is 6.54 Å². The van der Waals surface area contributed by atoms with Gasteiger partial charge in [-0.15, -0.1) is 0 Å². The second kappa shape index (κ2) is 12.2. The molecule has 0 bridgehead atoms. The molecule has 0 saturated heterocycles. The molecule has 0 aliphatic carbocycles. The lowest BCUT2D eigenvalue weighted by molar-refractivity contribution is 0.0944. The highest BCUT2D eigenvalue weighted by Gasteiger charge is 2.23. The molecule has 0 radical (unpaired) electrons. The van der Waals surface area contributed by atoms with Gasteiger partial charge < -0.3 is 25.4 Å². The fourth-order valence-electron chi connectivity index (χ4n) is 2.57. The third kappa shape index (κ3) is 7.68. The Kier molecular flexibility index (Phi) is 10.4. The van der Waals surface area contributed by atoms with Crippen LogP contribution >= 0.6 is 0 Å². The van der Waals surface area contributed by atoms with Gasteiger partial charge in [0.1, 0.15) is 6.10 Å². The molecular formula is C18H31NO4. The van der Waals surface area contributed by atoms with Crippen molar-refractivity contribution in [1.82, 2.24) is 5.32 Å². The van der Waals surface area contributed by atoms with Crippen molar-refractivity contribution in [3.63, 3.8) is 0 Å². The number of nitrogens with one attached hydrogen (secondary N) is 1. The molecule has 0 saturated carbocycles. The molecule has 5 nitrogen and oxygen atoms in total. The molecule has 0 amide bonds. The van der Waals surface area contributed by atoms with E-state index in [1.54, 1.807) is 18.2 Å². The normalized spacial score (nSPS) is 13.7. The molecule has 0 heterocycles. The SMILES string of the molecule is CCCCCCCC(Oc1ccccc1O)[C@H](CO)NCCO. The maximum absolute atomic E-state index is 9.88. The number of para-hydroxylation sites is 2. The number of rotatable bonds is 13. The molecule has 0 aromatic heterocycles. The summed E-state index contributed by atoms with van der Waals surface area (Å²) < 4.78 is 5.95. The predicted octanol–water partition coefficient (Wildman–Crippen LogP) is 2.44. The van der Waals surface area contributed by atoms with Crippen LogP contribution < -0.4 is 10.1 Å². The standard InChI is InChI=1S/C18H31NO4/c1-2-3-4-5-6-10-17(15(14-21)19-12-13-20)23-18-11-8-7-9-16(18)22/h7-9,11,15,17,19-22H,2-6,10,12-14H2,1H3/t15-,17?/m0/s1. The Bertz CT molecular complexity index is 414. The van der Waals surface area contributed by atoms with Crippen molar-refractivity contribution in [2.24, 2.45) is 0 Å². The molecule has 4 N–H and O–H groups in total. The van der Waals surface area contributed by atoms with Crippen LogP contribution in [0.1, 0.15) is 45.4 Å². The van der Waals surface area contributed by atoms with Crippen LogP contribution in [-0.2, 0) is 0 Å². The Morgan fingerprint density at radius 3 is 2.48 bits per heavy atom. The van der Waals surface area contributed by atoms with E-state index >= 15 is 0 Å². The number of hydrogen-bond acceptors (Lipinski definition) is 5. The van der Waals surface area contributed by atoms with Crippen molar-refractivity contribution in [3.05, 3.63) is 24.3 Å². The molecule has 0 aliphatic heterocycles. The summed E-state index contributed by atoms with van der Waals surface area (Å²) in [5.74, 6) is 0.526. The number of phenols is 1. The van der Waals surface area contributed by atoms with Crippen LogP contribution in [0.4, 0.5) is 0 Å². The van der Waals surface area contributed by atoms with E-state index in [0.717, 1.165) is 19.3 Å². The van der Waals surface area contributed by atoms with E-state index in [2.05, 4.69) is 12.2 Å². The summed E-state index contributed by atoms with van der Waals surface area (Å²) in [6.07, 6.45) is 6.32. The molecule has 0 spiro atoms. The number of phenolic OH excluding ortho intramolecular Hbond substituents is 1. The Morgan fingerprint density at radius 1 is 1.09 bits per heavy atom. The Balaban J connectivity index is 2.64. The Morgan fingerprint density at radius 2 is 1.83 bits per heavy atom. The van der Waals surface area contributed by atoms with Crippen LogP contribution in [0.25, 0.3) is 0 Å². The van der Waals surface area contributed by atoms with Crippen molar-refractivity contribution >= 4 is 0 Å². The lowest BCUT2D eigenvalue weighted by Gasteiger charge is -2.28. The fourth-order valence-corrected chi connectivity index (χ4v) is 2.57. The van der Waals surface area contributed by atoms with E-state index in [1.165, 1.54) is 19.3 Å². The highest BCUT2D eigenvalue weighted by molar-refractivity contribution is 5.38. The van der Waals surface area contributed by atoms with Crippen molar-refractivity contribution in [2.75, 3.05) is 19.8 Å². The van der Waals surface area contributed by atoms with Gasteiger partial charge in [0.15, 0.2) is 11.5 Å². The summed E-state index contributed by atoms with van der Waals surface area (Å²) in [6, 6.07) is 6.59. The number of aliphatic hydroxyl groups is 2. The lowest BCUT2D eigenvalue weighted by Crippen LogP contribution is -2.46. The molecule has 1 unspecified atom stereocenters. The molecule has 2 atom stereocenters. The second-order valence-electron chi connectivity index (χ2n) is 5.79. The summed E-state index contributed by atoms with van der Waals surface area (Å²) in [4.78, 5) is 0. The third-order valence-corrected chi connectivity index (χ3v) is 3.90. The molecule has 0 fully saturated rings. The number of aliphatic hydroxyl groups excluding tert-OH is 2. The van der Waals surface area contributed by atoms with E-state index in [9.17, 15) is 10.2 Å². The van der Waals surface area contributed by atoms with Crippen molar-refractivity contribution in [3.8, 4) is 11.5 Å². The van der Waals surface area contributed by atoms with Crippen molar-refractivity contribution in [1.29, 1.82) is 0 Å². The van der Waals surface area contributed by atoms with Gasteiger partial charge >= 0.3 is 0 Å². The van der Waals surface area contributed by atoms with Gasteiger partial charge in [0.05, 0.1) is 19.3 Å². The van der Waals surface area contributed by atoms with Gasteiger partial charge in [-0.3, -0.25) is 0 Å². The molecule has 132 valence electrons. The minimum atomic E-state index is -0.270. The number of unbranched alkanes of at least 4 members (excludes halogenated alkanes) is 4. The summed E-state index contributed by atoms with van der Waals surface area (Å²) >= 11 is 0. The average molecular weight is 325 g/mol. The third-order valence-electron chi connectivity index (χ3n) is 3.90. The number of hydrogen-bond donors (Lipinski definition) is 4. The van der Waals surface area contributed by atoms with Gasteiger partial charge in [0.25, 0.3) is 0 Å². The minimum Gasteiger partial charge on any atom is -0.504 e. The van der Waals surface area contributed by atoms with Crippen LogP contribution in [0.2, 0.25) is 0 Å². The van der Waals surface area contributed by atoms with Crippen LogP contribution in [0, 0.1) is 0 Å². The zero-order valence-electron chi connectivity index (χ0n) is 14.1. The molecule has 1 aromatic rings. The smallest absolute Gasteiger partial charge is 0.161 e. The summed E-state index contributed by atoms with van der Waals surface area (Å²) in [5.41, 5.74) is 0. The minimum absolute atomic E-state index is 0.0102. The highest BCUT2D eigenvalue weighted by Crippen LogP contribution is 2.27. The Labute approximate surface area is 139 Å². The van der Waals surface area contributed by atoms with E-state index in [-0.39, 0.29) is 31.1 Å². The predicted molar refractivity (Wildman–Crippen MR) is 91.9 cm³/mol. The summed E-state index contributed by atoms with van der Waals surface area (Å²) in [5, 5.41) is 31.6. The average Bonchev–Trinajstić information content (AvgIpc) is 2.56. The van der Waals surface area contributed by atoms with Crippen LogP contribution in [0.15, 0.2) is 24.3 Å². The first-order valence-corrected chi connectivity index (χ1v) is 8.62. The monoisotopic (exact) mass is 325 g/mol. The second-order valence-corrected chi connectivity index (χ2v) is 5.79. The van der Waals surface area contributed by atoms with E-state index < -0.39 is 0 Å². The van der Waals surface area contributed by atoms with Gasteiger partial charge in [0.2, 0.25) is 0 Å². The van der Waals surface area contributed by atoms with Crippen molar-refractivity contribution in [2.45, 2.75) is 57.6 Å². The first-order valence-electron chi connectivity index (χ1n) is 8.62. The quantitative estimate of drug-likeness (QED) is 0.419. The topological polar surface area (TPSA) is 82.0 Å². The lowest BCUT2D eigenvalue weighted by atomic mass is 10.0. The maximum Gasteiger partial charge on any atom is 0.161 e. The molecule has 0 aliphatic rings. The van der Waals surface area contributed by atoms with E-state index in [1.807, 2.05) is 6.07 Å². The first-order chi connectivity index (χ1) is 11.2. The van der Waals surface area contributed by atoms with E-state index in [4.69, 9.17) is 9.84 Å². The summed E-state index contributed by atoms with van der Waals surface area (Å²) in [6.45, 7) is 2.52. The molecule has 23 heavy (non-hydrogen) atoms. The van der Waals surface area contributed by atoms with Gasteiger partial charge in [-0.1, -0.05) is 44.7 Å². The fraction of sp³-hybridized carbons (Fsp3) is 0.667. The number of benzene rings is 1. The Hall–Kier alpha value is -1.30.